The Morgan fingerprint density at radius 3 is 3.26 bits per heavy atom. The van der Waals surface area contributed by atoms with Crippen LogP contribution >= 0.6 is 0 Å². The maximum absolute atomic E-state index is 9.20. The number of imidazole rings is 1. The molecule has 1 saturated heterocycles. The molecule has 0 saturated carbocycles. The molecule has 0 amide bonds. The number of nitrogens with zero attached hydrogens (tertiary/aromatic N) is 3. The van der Waals surface area contributed by atoms with E-state index in [1.54, 1.807) is 6.33 Å². The van der Waals surface area contributed by atoms with E-state index in [1.165, 1.54) is 0 Å². The van der Waals surface area contributed by atoms with E-state index < -0.39 is 0 Å². The molecule has 3 atom stereocenters. The monoisotopic (exact) mass is 261 g/mol. The minimum atomic E-state index is -0.336. The number of hydrogen-bond acceptors (Lipinski definition) is 6. The van der Waals surface area contributed by atoms with Gasteiger partial charge < -0.3 is 20.9 Å². The number of ether oxygens (including phenoxy) is 1. The van der Waals surface area contributed by atoms with Gasteiger partial charge in [-0.05, 0) is 6.42 Å². The van der Waals surface area contributed by atoms with Crippen LogP contribution in [0.15, 0.2) is 11.3 Å². The number of fused-ring (bicyclic) bond motifs is 1. The Kier molecular flexibility index (Phi) is 2.89. The van der Waals surface area contributed by atoms with E-state index in [4.69, 9.17) is 16.9 Å². The summed E-state index contributed by atoms with van der Waals surface area (Å²) in [5, 5.41) is 12.2. The first-order valence-electron chi connectivity index (χ1n) is 6.08. The SMILES string of the molecule is C#CC1CC(CO)OC1n1cnc2c1NC(N)=NC2. The van der Waals surface area contributed by atoms with Crippen molar-refractivity contribution in [3.05, 3.63) is 12.0 Å². The molecular formula is C12H15N5O2. The van der Waals surface area contributed by atoms with Crippen LogP contribution in [0.25, 0.3) is 0 Å². The molecule has 2 aliphatic heterocycles. The number of guanidine groups is 1. The first-order valence-corrected chi connectivity index (χ1v) is 6.08. The molecule has 100 valence electrons. The number of aromatic nitrogens is 2. The summed E-state index contributed by atoms with van der Waals surface area (Å²) < 4.78 is 7.60. The van der Waals surface area contributed by atoms with E-state index in [-0.39, 0.29) is 24.9 Å². The molecule has 0 aliphatic carbocycles. The molecule has 4 N–H and O–H groups in total. The predicted octanol–water partition coefficient (Wildman–Crippen LogP) is -0.347. The zero-order valence-electron chi connectivity index (χ0n) is 10.3. The molecule has 1 fully saturated rings. The number of aliphatic hydroxyl groups is 1. The van der Waals surface area contributed by atoms with Gasteiger partial charge in [-0.3, -0.25) is 4.57 Å². The maximum atomic E-state index is 9.20. The van der Waals surface area contributed by atoms with Crippen LogP contribution in [0.1, 0.15) is 18.3 Å². The van der Waals surface area contributed by atoms with Gasteiger partial charge in [-0.15, -0.1) is 6.42 Å². The Hall–Kier alpha value is -2.04. The van der Waals surface area contributed by atoms with Crippen molar-refractivity contribution < 1.29 is 9.84 Å². The lowest BCUT2D eigenvalue weighted by molar-refractivity contribution is -0.0270. The summed E-state index contributed by atoms with van der Waals surface area (Å²) in [7, 11) is 0. The molecule has 3 rings (SSSR count). The Labute approximate surface area is 110 Å². The fraction of sp³-hybridized carbons (Fsp3) is 0.500. The number of anilines is 1. The van der Waals surface area contributed by atoms with Crippen molar-refractivity contribution in [3.63, 3.8) is 0 Å². The minimum Gasteiger partial charge on any atom is -0.394 e. The Balaban J connectivity index is 1.92. The lowest BCUT2D eigenvalue weighted by Crippen LogP contribution is -2.29. The maximum Gasteiger partial charge on any atom is 0.194 e. The fourth-order valence-electron chi connectivity index (χ4n) is 2.44. The molecule has 1 aromatic rings. The zero-order valence-corrected chi connectivity index (χ0v) is 10.3. The lowest BCUT2D eigenvalue weighted by Gasteiger charge is -2.21. The summed E-state index contributed by atoms with van der Waals surface area (Å²) in [6.07, 6.45) is 7.26. The van der Waals surface area contributed by atoms with E-state index in [1.807, 2.05) is 4.57 Å². The number of nitrogens with one attached hydrogen (secondary N) is 1. The van der Waals surface area contributed by atoms with Crippen molar-refractivity contribution >= 4 is 11.8 Å². The molecule has 0 radical (unpaired) electrons. The van der Waals surface area contributed by atoms with Crippen molar-refractivity contribution in [1.82, 2.24) is 9.55 Å². The highest BCUT2D eigenvalue weighted by Crippen LogP contribution is 2.37. The second-order valence-corrected chi connectivity index (χ2v) is 4.61. The van der Waals surface area contributed by atoms with Gasteiger partial charge in [-0.1, -0.05) is 5.92 Å². The van der Waals surface area contributed by atoms with Crippen LogP contribution in [-0.4, -0.2) is 33.3 Å². The molecule has 0 aromatic carbocycles. The number of aliphatic hydroxyl groups excluding tert-OH is 1. The molecule has 7 nitrogen and oxygen atoms in total. The van der Waals surface area contributed by atoms with E-state index in [2.05, 4.69) is 21.2 Å². The number of terminal acetylenes is 1. The van der Waals surface area contributed by atoms with Crippen molar-refractivity contribution in [3.8, 4) is 12.3 Å². The summed E-state index contributed by atoms with van der Waals surface area (Å²) in [6, 6.07) is 0. The third kappa shape index (κ3) is 1.95. The smallest absolute Gasteiger partial charge is 0.194 e. The van der Waals surface area contributed by atoms with Crippen LogP contribution in [-0.2, 0) is 11.3 Å². The first-order chi connectivity index (χ1) is 9.22. The summed E-state index contributed by atoms with van der Waals surface area (Å²) in [5.41, 5.74) is 6.48. The lowest BCUT2D eigenvalue weighted by atomic mass is 10.0. The van der Waals surface area contributed by atoms with E-state index in [0.29, 0.717) is 18.9 Å². The number of rotatable bonds is 2. The van der Waals surface area contributed by atoms with E-state index in [0.717, 1.165) is 11.5 Å². The second kappa shape index (κ2) is 4.57. The topological polar surface area (TPSA) is 97.7 Å². The van der Waals surface area contributed by atoms with Gasteiger partial charge in [0.1, 0.15) is 11.5 Å². The Bertz CT molecular complexity index is 559. The third-order valence-electron chi connectivity index (χ3n) is 3.40. The van der Waals surface area contributed by atoms with E-state index >= 15 is 0 Å². The number of nitrogens with two attached hydrogens (primary N) is 1. The zero-order chi connectivity index (χ0) is 13.4. The summed E-state index contributed by atoms with van der Waals surface area (Å²) in [5.74, 6) is 3.72. The van der Waals surface area contributed by atoms with Gasteiger partial charge in [0.2, 0.25) is 0 Å². The van der Waals surface area contributed by atoms with E-state index in [9.17, 15) is 5.11 Å². The molecular weight excluding hydrogens is 246 g/mol. The molecule has 3 unspecified atom stereocenters. The molecule has 7 heteroatoms. The van der Waals surface area contributed by atoms with Gasteiger partial charge >= 0.3 is 0 Å². The standard InChI is InChI=1S/C12H15N5O2/c1-2-7-3-8(5-18)19-11(7)17-6-15-9-4-14-12(13)16-10(9)17/h1,6-8,11,18H,3-5H2,(H3,13,14,16). The van der Waals surface area contributed by atoms with Crippen LogP contribution in [0, 0.1) is 18.3 Å². The summed E-state index contributed by atoms with van der Waals surface area (Å²) >= 11 is 0. The van der Waals surface area contributed by atoms with Gasteiger partial charge in [-0.2, -0.15) is 0 Å². The molecule has 3 heterocycles. The van der Waals surface area contributed by atoms with Gasteiger partial charge in [0.25, 0.3) is 0 Å². The fourth-order valence-corrected chi connectivity index (χ4v) is 2.44. The average Bonchev–Trinajstić information content (AvgIpc) is 3.00. The van der Waals surface area contributed by atoms with Crippen LogP contribution < -0.4 is 11.1 Å². The van der Waals surface area contributed by atoms with Crippen molar-refractivity contribution in [2.45, 2.75) is 25.3 Å². The molecule has 1 aromatic heterocycles. The number of hydrogen-bond donors (Lipinski definition) is 3. The van der Waals surface area contributed by atoms with Gasteiger partial charge in [0.05, 0.1) is 31.5 Å². The Morgan fingerprint density at radius 2 is 2.53 bits per heavy atom. The largest absolute Gasteiger partial charge is 0.394 e. The van der Waals surface area contributed by atoms with Crippen LogP contribution in [0.3, 0.4) is 0 Å². The predicted molar refractivity (Wildman–Crippen MR) is 69.1 cm³/mol. The molecule has 0 spiro atoms. The van der Waals surface area contributed by atoms with Crippen LogP contribution in [0.2, 0.25) is 0 Å². The van der Waals surface area contributed by atoms with Crippen LogP contribution in [0.5, 0.6) is 0 Å². The minimum absolute atomic E-state index is 0.0391. The highest BCUT2D eigenvalue weighted by atomic mass is 16.5. The Morgan fingerprint density at radius 1 is 1.68 bits per heavy atom. The quantitative estimate of drug-likeness (QED) is 0.632. The highest BCUT2D eigenvalue weighted by Gasteiger charge is 2.36. The number of aliphatic imine (C=N–C) groups is 1. The first kappa shape index (κ1) is 12.0. The molecule has 2 aliphatic rings. The van der Waals surface area contributed by atoms with Crippen LogP contribution in [0.4, 0.5) is 5.82 Å². The average molecular weight is 261 g/mol. The molecule has 0 bridgehead atoms. The van der Waals surface area contributed by atoms with Gasteiger partial charge in [0.15, 0.2) is 12.2 Å². The van der Waals surface area contributed by atoms with Crippen molar-refractivity contribution in [2.24, 2.45) is 16.6 Å². The molecule has 19 heavy (non-hydrogen) atoms. The second-order valence-electron chi connectivity index (χ2n) is 4.61. The normalized spacial score (nSPS) is 29.3. The van der Waals surface area contributed by atoms with Crippen molar-refractivity contribution in [2.75, 3.05) is 11.9 Å². The highest BCUT2D eigenvalue weighted by molar-refractivity contribution is 5.93. The summed E-state index contributed by atoms with van der Waals surface area (Å²) in [6.45, 7) is 0.403. The third-order valence-corrected chi connectivity index (χ3v) is 3.40. The summed E-state index contributed by atoms with van der Waals surface area (Å²) in [4.78, 5) is 8.35. The van der Waals surface area contributed by atoms with Gasteiger partial charge in [-0.25, -0.2) is 9.98 Å². The van der Waals surface area contributed by atoms with Crippen molar-refractivity contribution in [1.29, 1.82) is 0 Å². The van der Waals surface area contributed by atoms with Gasteiger partial charge in [0, 0.05) is 0 Å².